The lowest BCUT2D eigenvalue weighted by Crippen LogP contribution is -2.58. The summed E-state index contributed by atoms with van der Waals surface area (Å²) in [5, 5.41) is 2.94. The Labute approximate surface area is 163 Å². The van der Waals surface area contributed by atoms with E-state index in [1.807, 2.05) is 41.5 Å². The molecule has 2 amide bonds. The molecule has 1 N–H and O–H groups in total. The number of carbonyl (C=O) groups excluding carboxylic acids is 3. The van der Waals surface area contributed by atoms with Gasteiger partial charge < -0.3 is 15.0 Å². The second-order valence-electron chi connectivity index (χ2n) is 11.0. The molecule has 0 bridgehead atoms. The van der Waals surface area contributed by atoms with Crippen molar-refractivity contribution in [2.75, 3.05) is 13.7 Å². The van der Waals surface area contributed by atoms with E-state index >= 15 is 0 Å². The molecule has 6 nitrogen and oxygen atoms in total. The molecule has 2 fully saturated rings. The second kappa shape index (κ2) is 6.78. The first-order valence-electron chi connectivity index (χ1n) is 9.79. The van der Waals surface area contributed by atoms with Gasteiger partial charge >= 0.3 is 5.97 Å². The van der Waals surface area contributed by atoms with Crippen molar-refractivity contribution in [2.45, 2.75) is 73.9 Å². The van der Waals surface area contributed by atoms with Gasteiger partial charge in [0.1, 0.15) is 12.1 Å². The van der Waals surface area contributed by atoms with E-state index < -0.39 is 17.5 Å². The van der Waals surface area contributed by atoms with Gasteiger partial charge in [-0.2, -0.15) is 0 Å². The maximum atomic E-state index is 13.4. The SMILES string of the molecule is COC(=O)[C@@H]1[C@@H]2[C@H](CN1C(=O)[C@@H](NC(=O)CC(C)(C)C)C(C)(C)C)C2(C)C. The van der Waals surface area contributed by atoms with Crippen LogP contribution in [0.25, 0.3) is 0 Å². The minimum absolute atomic E-state index is 0.0440. The number of likely N-dealkylation sites (tertiary alicyclic amines) is 1. The highest BCUT2D eigenvalue weighted by molar-refractivity contribution is 5.92. The Morgan fingerprint density at radius 3 is 2.15 bits per heavy atom. The average Bonchev–Trinajstić information content (AvgIpc) is 2.85. The summed E-state index contributed by atoms with van der Waals surface area (Å²) in [7, 11) is 1.36. The number of methoxy groups -OCH3 is 1. The van der Waals surface area contributed by atoms with Crippen LogP contribution in [0.4, 0.5) is 0 Å². The third kappa shape index (κ3) is 4.30. The van der Waals surface area contributed by atoms with E-state index in [-0.39, 0.29) is 34.5 Å². The minimum Gasteiger partial charge on any atom is -0.467 e. The summed E-state index contributed by atoms with van der Waals surface area (Å²) in [5.41, 5.74) is -0.584. The summed E-state index contributed by atoms with van der Waals surface area (Å²) in [6, 6.07) is -1.24. The zero-order chi connectivity index (χ0) is 20.9. The maximum absolute atomic E-state index is 13.4. The molecule has 2 aliphatic rings. The number of hydrogen-bond donors (Lipinski definition) is 1. The summed E-state index contributed by atoms with van der Waals surface area (Å²) < 4.78 is 5.00. The Morgan fingerprint density at radius 1 is 1.15 bits per heavy atom. The van der Waals surface area contributed by atoms with E-state index in [1.165, 1.54) is 7.11 Å². The third-order valence-corrected chi connectivity index (χ3v) is 6.04. The molecule has 1 saturated heterocycles. The summed E-state index contributed by atoms with van der Waals surface area (Å²) >= 11 is 0. The third-order valence-electron chi connectivity index (χ3n) is 6.04. The summed E-state index contributed by atoms with van der Waals surface area (Å²) in [4.78, 5) is 40.0. The van der Waals surface area contributed by atoms with Gasteiger partial charge in [-0.15, -0.1) is 0 Å². The number of amides is 2. The quantitative estimate of drug-likeness (QED) is 0.761. The lowest BCUT2D eigenvalue weighted by molar-refractivity contribution is -0.155. The first-order valence-corrected chi connectivity index (χ1v) is 9.79. The number of piperidine rings is 1. The van der Waals surface area contributed by atoms with Crippen molar-refractivity contribution < 1.29 is 19.1 Å². The van der Waals surface area contributed by atoms with E-state index in [2.05, 4.69) is 19.2 Å². The summed E-state index contributed by atoms with van der Waals surface area (Å²) in [5.74, 6) is -0.274. The van der Waals surface area contributed by atoms with Crippen LogP contribution in [0.2, 0.25) is 0 Å². The minimum atomic E-state index is -0.680. The molecule has 0 spiro atoms. The van der Waals surface area contributed by atoms with Crippen molar-refractivity contribution in [3.05, 3.63) is 0 Å². The molecule has 0 aromatic heterocycles. The highest BCUT2D eigenvalue weighted by Crippen LogP contribution is 2.65. The number of rotatable bonds is 4. The second-order valence-corrected chi connectivity index (χ2v) is 11.0. The molecular weight excluding hydrogens is 344 g/mol. The predicted octanol–water partition coefficient (Wildman–Crippen LogP) is 2.61. The average molecular weight is 381 g/mol. The van der Waals surface area contributed by atoms with E-state index in [0.717, 1.165) is 0 Å². The Morgan fingerprint density at radius 2 is 1.70 bits per heavy atom. The lowest BCUT2D eigenvalue weighted by Gasteiger charge is -2.37. The zero-order valence-corrected chi connectivity index (χ0v) is 18.3. The molecule has 0 aromatic carbocycles. The number of nitrogens with one attached hydrogen (secondary N) is 1. The number of carbonyl (C=O) groups is 3. The van der Waals surface area contributed by atoms with Crippen LogP contribution in [0.1, 0.15) is 61.8 Å². The van der Waals surface area contributed by atoms with Crippen molar-refractivity contribution >= 4 is 17.8 Å². The molecule has 27 heavy (non-hydrogen) atoms. The van der Waals surface area contributed by atoms with Gasteiger partial charge in [0.2, 0.25) is 11.8 Å². The van der Waals surface area contributed by atoms with Gasteiger partial charge in [-0.3, -0.25) is 9.59 Å². The number of nitrogens with zero attached hydrogens (tertiary/aromatic N) is 1. The van der Waals surface area contributed by atoms with Crippen molar-refractivity contribution in [3.63, 3.8) is 0 Å². The predicted molar refractivity (Wildman–Crippen MR) is 104 cm³/mol. The summed E-state index contributed by atoms with van der Waals surface area (Å²) in [6.07, 6.45) is 0.339. The largest absolute Gasteiger partial charge is 0.467 e. The normalized spacial score (nSPS) is 27.6. The van der Waals surface area contributed by atoms with Crippen molar-refractivity contribution in [2.24, 2.45) is 28.1 Å². The van der Waals surface area contributed by atoms with Gasteiger partial charge in [-0.05, 0) is 22.2 Å². The molecule has 0 unspecified atom stereocenters. The Balaban J connectivity index is 2.23. The summed E-state index contributed by atoms with van der Waals surface area (Å²) in [6.45, 7) is 16.6. The highest BCUT2D eigenvalue weighted by Gasteiger charge is 2.70. The molecule has 4 atom stereocenters. The van der Waals surface area contributed by atoms with Gasteiger partial charge in [-0.1, -0.05) is 55.4 Å². The van der Waals surface area contributed by atoms with Crippen LogP contribution in [0.5, 0.6) is 0 Å². The standard InChI is InChI=1S/C21H36N2O4/c1-19(2,3)10-13(24)22-16(20(4,5)6)17(25)23-11-12-14(21(12,7)8)15(23)18(26)27-9/h12,14-16H,10-11H2,1-9H3,(H,22,24)/t12-,14-,15-,16+/m0/s1. The number of ether oxygens (including phenoxy) is 1. The topological polar surface area (TPSA) is 75.7 Å². The first kappa shape index (κ1) is 21.7. The van der Waals surface area contributed by atoms with Crippen LogP contribution in [-0.2, 0) is 19.1 Å². The molecule has 154 valence electrons. The fourth-order valence-electron chi connectivity index (χ4n) is 4.41. The Kier molecular flexibility index (Phi) is 5.45. The molecule has 0 aromatic rings. The smallest absolute Gasteiger partial charge is 0.328 e. The van der Waals surface area contributed by atoms with E-state index in [4.69, 9.17) is 4.74 Å². The van der Waals surface area contributed by atoms with Crippen LogP contribution in [-0.4, -0.2) is 48.4 Å². The molecule has 6 heteroatoms. The molecule has 1 aliphatic carbocycles. The van der Waals surface area contributed by atoms with E-state index in [0.29, 0.717) is 18.9 Å². The van der Waals surface area contributed by atoms with Crippen LogP contribution >= 0.6 is 0 Å². The van der Waals surface area contributed by atoms with Crippen LogP contribution in [0.3, 0.4) is 0 Å². The van der Waals surface area contributed by atoms with Crippen molar-refractivity contribution in [3.8, 4) is 0 Å². The Hall–Kier alpha value is -1.59. The molecule has 1 heterocycles. The lowest BCUT2D eigenvalue weighted by atomic mass is 9.84. The maximum Gasteiger partial charge on any atom is 0.328 e. The van der Waals surface area contributed by atoms with Gasteiger partial charge in [-0.25, -0.2) is 4.79 Å². The number of hydrogen-bond acceptors (Lipinski definition) is 4. The fraction of sp³-hybridized carbons (Fsp3) is 0.857. The first-order chi connectivity index (χ1) is 12.1. The van der Waals surface area contributed by atoms with Crippen LogP contribution < -0.4 is 5.32 Å². The van der Waals surface area contributed by atoms with Gasteiger partial charge in [0.05, 0.1) is 7.11 Å². The number of esters is 1. The monoisotopic (exact) mass is 380 g/mol. The zero-order valence-electron chi connectivity index (χ0n) is 18.3. The van der Waals surface area contributed by atoms with Gasteiger partial charge in [0.15, 0.2) is 0 Å². The van der Waals surface area contributed by atoms with Gasteiger partial charge in [0.25, 0.3) is 0 Å². The molecule has 1 saturated carbocycles. The van der Waals surface area contributed by atoms with Crippen molar-refractivity contribution in [1.29, 1.82) is 0 Å². The molecule has 2 rings (SSSR count). The Bertz CT molecular complexity index is 627. The fourth-order valence-corrected chi connectivity index (χ4v) is 4.41. The van der Waals surface area contributed by atoms with Crippen LogP contribution in [0.15, 0.2) is 0 Å². The van der Waals surface area contributed by atoms with E-state index in [9.17, 15) is 14.4 Å². The van der Waals surface area contributed by atoms with Gasteiger partial charge in [0, 0.05) is 18.9 Å². The molecular formula is C21H36N2O4. The van der Waals surface area contributed by atoms with Crippen molar-refractivity contribution in [1.82, 2.24) is 10.2 Å². The molecule has 0 radical (unpaired) electrons. The van der Waals surface area contributed by atoms with Crippen LogP contribution in [0, 0.1) is 28.1 Å². The molecule has 1 aliphatic heterocycles. The van der Waals surface area contributed by atoms with E-state index in [1.54, 1.807) is 4.90 Å². The number of fused-ring (bicyclic) bond motifs is 1. The highest BCUT2D eigenvalue weighted by atomic mass is 16.5.